The number of aromatic amines is 1. The van der Waals surface area contributed by atoms with Gasteiger partial charge in [-0.3, -0.25) is 9.80 Å². The molecule has 3 aromatic rings. The van der Waals surface area contributed by atoms with E-state index < -0.39 is 0 Å². The summed E-state index contributed by atoms with van der Waals surface area (Å²) < 4.78 is 6.01. The summed E-state index contributed by atoms with van der Waals surface area (Å²) >= 11 is 0. The molecule has 4 nitrogen and oxygen atoms in total. The van der Waals surface area contributed by atoms with E-state index in [9.17, 15) is 0 Å². The van der Waals surface area contributed by atoms with E-state index in [1.807, 2.05) is 0 Å². The minimum atomic E-state index is 0.353. The number of H-pyrrole nitrogens is 1. The second-order valence-electron chi connectivity index (χ2n) is 9.10. The first kappa shape index (κ1) is 17.7. The van der Waals surface area contributed by atoms with Crippen LogP contribution in [0.3, 0.4) is 0 Å². The third-order valence-corrected chi connectivity index (χ3v) is 7.58. The van der Waals surface area contributed by atoms with Crippen LogP contribution in [0.5, 0.6) is 0 Å². The lowest BCUT2D eigenvalue weighted by Gasteiger charge is -2.52. The average Bonchev–Trinajstić information content (AvgIpc) is 3.15. The van der Waals surface area contributed by atoms with Gasteiger partial charge in [0.2, 0.25) is 0 Å². The van der Waals surface area contributed by atoms with Gasteiger partial charge in [-0.15, -0.1) is 0 Å². The fraction of sp³-hybridized carbons (Fsp3) is 0.440. The molecule has 6 rings (SSSR count). The van der Waals surface area contributed by atoms with Crippen molar-refractivity contribution in [3.05, 3.63) is 59.8 Å². The maximum atomic E-state index is 6.01. The molecule has 1 N–H and O–H groups in total. The Morgan fingerprint density at radius 2 is 1.93 bits per heavy atom. The van der Waals surface area contributed by atoms with Crippen molar-refractivity contribution in [2.75, 3.05) is 26.9 Å². The summed E-state index contributed by atoms with van der Waals surface area (Å²) in [5.41, 5.74) is 6.96. The molecule has 2 aromatic carbocycles. The summed E-state index contributed by atoms with van der Waals surface area (Å²) in [4.78, 5) is 8.99. The molecule has 0 bridgehead atoms. The standard InChI is InChI=1S/C25H29N3O/c1-16-20-14-28-12-11-19-24-18(17-7-4-3-5-8-17)9-6-10-21(24)26-25(19)23(28)13-22(20)27(2)15-29-16/h3-10,16,20,22-23,26H,11-15H2,1-2H3/t16-,20-,22-,23-/m0/s1. The second-order valence-corrected chi connectivity index (χ2v) is 9.10. The number of ether oxygens (including phenoxy) is 1. The lowest BCUT2D eigenvalue weighted by Crippen LogP contribution is -2.59. The highest BCUT2D eigenvalue weighted by atomic mass is 16.5. The molecule has 2 saturated heterocycles. The fourth-order valence-electron chi connectivity index (χ4n) is 6.04. The van der Waals surface area contributed by atoms with Crippen LogP contribution in [-0.2, 0) is 11.2 Å². The average molecular weight is 388 g/mol. The zero-order valence-electron chi connectivity index (χ0n) is 17.3. The Kier molecular flexibility index (Phi) is 4.09. The topological polar surface area (TPSA) is 31.5 Å². The van der Waals surface area contributed by atoms with Gasteiger partial charge >= 0.3 is 0 Å². The maximum absolute atomic E-state index is 6.01. The molecule has 29 heavy (non-hydrogen) atoms. The molecule has 4 atom stereocenters. The third kappa shape index (κ3) is 2.70. The van der Waals surface area contributed by atoms with Crippen LogP contribution in [-0.4, -0.2) is 53.8 Å². The van der Waals surface area contributed by atoms with Crippen molar-refractivity contribution in [3.63, 3.8) is 0 Å². The number of piperidine rings is 1. The summed E-state index contributed by atoms with van der Waals surface area (Å²) in [5.74, 6) is 0.607. The van der Waals surface area contributed by atoms with Gasteiger partial charge in [0.25, 0.3) is 0 Å². The predicted octanol–water partition coefficient (Wildman–Crippen LogP) is 4.43. The van der Waals surface area contributed by atoms with E-state index >= 15 is 0 Å². The molecule has 4 heteroatoms. The highest BCUT2D eigenvalue weighted by molar-refractivity contribution is 5.98. The molecule has 2 fully saturated rings. The first-order valence-electron chi connectivity index (χ1n) is 11.0. The van der Waals surface area contributed by atoms with Gasteiger partial charge in [0.15, 0.2) is 0 Å². The third-order valence-electron chi connectivity index (χ3n) is 7.58. The molecule has 0 unspecified atom stereocenters. The molecule has 3 aliphatic heterocycles. The van der Waals surface area contributed by atoms with Crippen molar-refractivity contribution in [1.82, 2.24) is 14.8 Å². The molecular weight excluding hydrogens is 358 g/mol. The van der Waals surface area contributed by atoms with Crippen LogP contribution in [0.15, 0.2) is 48.5 Å². The summed E-state index contributed by atoms with van der Waals surface area (Å²) in [7, 11) is 2.22. The molecule has 3 aliphatic rings. The van der Waals surface area contributed by atoms with Crippen molar-refractivity contribution in [2.24, 2.45) is 5.92 Å². The first-order valence-corrected chi connectivity index (χ1v) is 11.0. The van der Waals surface area contributed by atoms with Crippen LogP contribution in [0.4, 0.5) is 0 Å². The number of rotatable bonds is 1. The van der Waals surface area contributed by atoms with Gasteiger partial charge in [-0.2, -0.15) is 0 Å². The van der Waals surface area contributed by atoms with E-state index in [4.69, 9.17) is 4.74 Å². The van der Waals surface area contributed by atoms with Crippen LogP contribution >= 0.6 is 0 Å². The minimum Gasteiger partial charge on any atom is -0.363 e. The van der Waals surface area contributed by atoms with Crippen LogP contribution in [0, 0.1) is 5.92 Å². The van der Waals surface area contributed by atoms with Crippen molar-refractivity contribution < 1.29 is 4.74 Å². The van der Waals surface area contributed by atoms with Gasteiger partial charge in [0.1, 0.15) is 0 Å². The first-order chi connectivity index (χ1) is 14.2. The quantitative estimate of drug-likeness (QED) is 0.670. The van der Waals surface area contributed by atoms with E-state index in [0.717, 1.165) is 26.2 Å². The Balaban J connectivity index is 1.45. The fourth-order valence-corrected chi connectivity index (χ4v) is 6.04. The molecule has 0 spiro atoms. The Hall–Kier alpha value is -2.14. The van der Waals surface area contributed by atoms with Crippen LogP contribution in [0.2, 0.25) is 0 Å². The second kappa shape index (κ2) is 6.69. The zero-order valence-corrected chi connectivity index (χ0v) is 17.3. The van der Waals surface area contributed by atoms with E-state index in [-0.39, 0.29) is 0 Å². The molecular formula is C25H29N3O. The number of nitrogens with one attached hydrogen (secondary N) is 1. The van der Waals surface area contributed by atoms with Gasteiger partial charge < -0.3 is 9.72 Å². The SMILES string of the molecule is C[C@@H]1OCN(C)[C@H]2C[C@H]3c4[nH]c5cccc(-c6ccccc6)c5c4CCN3C[C@@H]12. The van der Waals surface area contributed by atoms with Crippen molar-refractivity contribution in [1.29, 1.82) is 0 Å². The van der Waals surface area contributed by atoms with Crippen LogP contribution in [0.25, 0.3) is 22.0 Å². The highest BCUT2D eigenvalue weighted by Gasteiger charge is 2.45. The van der Waals surface area contributed by atoms with E-state index in [2.05, 4.69) is 77.3 Å². The van der Waals surface area contributed by atoms with Gasteiger partial charge in [-0.05, 0) is 49.6 Å². The molecule has 0 radical (unpaired) electrons. The Morgan fingerprint density at radius 3 is 2.79 bits per heavy atom. The maximum Gasteiger partial charge on any atom is 0.0994 e. The summed E-state index contributed by atoms with van der Waals surface area (Å²) in [5, 5.41) is 1.43. The zero-order chi connectivity index (χ0) is 19.5. The van der Waals surface area contributed by atoms with E-state index in [1.54, 1.807) is 5.56 Å². The molecule has 4 heterocycles. The summed E-state index contributed by atoms with van der Waals surface area (Å²) in [6.07, 6.45) is 2.67. The normalized spacial score (nSPS) is 30.0. The Morgan fingerprint density at radius 1 is 1.07 bits per heavy atom. The molecule has 0 aliphatic carbocycles. The number of fused-ring (bicyclic) bond motifs is 6. The molecule has 0 saturated carbocycles. The summed E-state index contributed by atoms with van der Waals surface area (Å²) in [6.45, 7) is 5.30. The Bertz CT molecular complexity index is 1040. The molecule has 0 amide bonds. The van der Waals surface area contributed by atoms with Crippen molar-refractivity contribution >= 4 is 10.9 Å². The lowest BCUT2D eigenvalue weighted by molar-refractivity contribution is -0.148. The number of benzene rings is 2. The Labute approximate surface area is 172 Å². The predicted molar refractivity (Wildman–Crippen MR) is 117 cm³/mol. The largest absolute Gasteiger partial charge is 0.363 e. The molecule has 1 aromatic heterocycles. The van der Waals surface area contributed by atoms with E-state index in [0.29, 0.717) is 24.1 Å². The van der Waals surface area contributed by atoms with Crippen molar-refractivity contribution in [3.8, 4) is 11.1 Å². The smallest absolute Gasteiger partial charge is 0.0994 e. The number of hydrogen-bond donors (Lipinski definition) is 1. The number of nitrogens with zero attached hydrogens (tertiary/aromatic N) is 2. The molecule has 150 valence electrons. The monoisotopic (exact) mass is 387 g/mol. The number of hydrogen-bond acceptors (Lipinski definition) is 3. The van der Waals surface area contributed by atoms with Crippen molar-refractivity contribution in [2.45, 2.75) is 38.0 Å². The highest BCUT2D eigenvalue weighted by Crippen LogP contribution is 2.45. The van der Waals surface area contributed by atoms with Gasteiger partial charge in [-0.25, -0.2) is 0 Å². The van der Waals surface area contributed by atoms with Gasteiger partial charge in [0.05, 0.1) is 18.9 Å². The number of aromatic nitrogens is 1. The van der Waals surface area contributed by atoms with Gasteiger partial charge in [-0.1, -0.05) is 42.5 Å². The lowest BCUT2D eigenvalue weighted by atomic mass is 9.79. The minimum absolute atomic E-state index is 0.353. The van der Waals surface area contributed by atoms with E-state index in [1.165, 1.54) is 34.1 Å². The van der Waals surface area contributed by atoms with Gasteiger partial charge in [0, 0.05) is 41.6 Å². The van der Waals surface area contributed by atoms with Crippen LogP contribution < -0.4 is 0 Å². The van der Waals surface area contributed by atoms with Crippen LogP contribution in [0.1, 0.15) is 30.6 Å². The summed E-state index contributed by atoms with van der Waals surface area (Å²) in [6, 6.07) is 18.6.